The highest BCUT2D eigenvalue weighted by Crippen LogP contribution is 2.23. The molecule has 0 bridgehead atoms. The molecule has 0 spiro atoms. The summed E-state index contributed by atoms with van der Waals surface area (Å²) in [5, 5.41) is 5.34. The molecular formula is C17H18F2N2O. The molecular weight excluding hydrogens is 286 g/mol. The molecule has 0 aliphatic heterocycles. The molecule has 0 aromatic heterocycles. The lowest BCUT2D eigenvalue weighted by Crippen LogP contribution is -2.28. The number of amides is 2. The summed E-state index contributed by atoms with van der Waals surface area (Å²) in [6.45, 7) is 4.12. The van der Waals surface area contributed by atoms with Crippen LogP contribution in [0.4, 0.5) is 19.3 Å². The Morgan fingerprint density at radius 3 is 2.36 bits per heavy atom. The van der Waals surface area contributed by atoms with Gasteiger partial charge < -0.3 is 10.6 Å². The predicted molar refractivity (Wildman–Crippen MR) is 82.7 cm³/mol. The highest BCUT2D eigenvalue weighted by atomic mass is 19.1. The van der Waals surface area contributed by atoms with Crippen molar-refractivity contribution in [3.05, 3.63) is 65.2 Å². The predicted octanol–water partition coefficient (Wildman–Crippen LogP) is 4.41. The van der Waals surface area contributed by atoms with Gasteiger partial charge in [0, 0.05) is 18.3 Å². The Kier molecular flexibility index (Phi) is 5.09. The van der Waals surface area contributed by atoms with Crippen molar-refractivity contribution in [3.63, 3.8) is 0 Å². The van der Waals surface area contributed by atoms with Gasteiger partial charge in [-0.25, -0.2) is 13.6 Å². The van der Waals surface area contributed by atoms with Gasteiger partial charge in [-0.1, -0.05) is 32.0 Å². The number of rotatable bonds is 4. The van der Waals surface area contributed by atoms with Crippen LogP contribution < -0.4 is 10.6 Å². The fourth-order valence-corrected chi connectivity index (χ4v) is 2.18. The summed E-state index contributed by atoms with van der Waals surface area (Å²) < 4.78 is 26.1. The lowest BCUT2D eigenvalue weighted by molar-refractivity contribution is 0.251. The van der Waals surface area contributed by atoms with Gasteiger partial charge in [0.1, 0.15) is 11.6 Å². The third-order valence-corrected chi connectivity index (χ3v) is 3.21. The van der Waals surface area contributed by atoms with E-state index >= 15 is 0 Å². The summed E-state index contributed by atoms with van der Waals surface area (Å²) in [6, 6.07) is 10.3. The zero-order chi connectivity index (χ0) is 16.1. The maximum absolute atomic E-state index is 13.1. The molecule has 0 saturated carbocycles. The van der Waals surface area contributed by atoms with Gasteiger partial charge in [0.15, 0.2) is 0 Å². The highest BCUT2D eigenvalue weighted by molar-refractivity contribution is 5.90. The fraction of sp³-hybridized carbons (Fsp3) is 0.235. The van der Waals surface area contributed by atoms with Crippen LogP contribution in [-0.4, -0.2) is 6.03 Å². The molecule has 0 aliphatic rings. The van der Waals surface area contributed by atoms with E-state index in [1.807, 2.05) is 38.1 Å². The first-order valence-electron chi connectivity index (χ1n) is 7.04. The number of urea groups is 1. The molecule has 0 saturated heterocycles. The number of carbonyl (C=O) groups is 1. The summed E-state index contributed by atoms with van der Waals surface area (Å²) in [5.41, 5.74) is 2.11. The summed E-state index contributed by atoms with van der Waals surface area (Å²) >= 11 is 0. The molecule has 2 N–H and O–H groups in total. The molecule has 0 atom stereocenters. The number of nitrogens with one attached hydrogen (secondary N) is 2. The lowest BCUT2D eigenvalue weighted by atomic mass is 10.0. The van der Waals surface area contributed by atoms with E-state index in [-0.39, 0.29) is 12.5 Å². The second-order valence-corrected chi connectivity index (χ2v) is 5.33. The second kappa shape index (κ2) is 7.02. The van der Waals surface area contributed by atoms with Crippen molar-refractivity contribution >= 4 is 11.7 Å². The zero-order valence-corrected chi connectivity index (χ0v) is 12.5. The highest BCUT2D eigenvalue weighted by Gasteiger charge is 2.09. The Bertz CT molecular complexity index is 651. The topological polar surface area (TPSA) is 41.1 Å². The SMILES string of the molecule is CC(C)c1ccccc1NC(=O)NCc1cc(F)cc(F)c1. The average molecular weight is 304 g/mol. The molecule has 5 heteroatoms. The molecule has 2 aromatic carbocycles. The van der Waals surface area contributed by atoms with Crippen molar-refractivity contribution in [2.45, 2.75) is 26.3 Å². The third kappa shape index (κ3) is 4.28. The van der Waals surface area contributed by atoms with Crippen molar-refractivity contribution in [3.8, 4) is 0 Å². The van der Waals surface area contributed by atoms with Crippen molar-refractivity contribution in [1.82, 2.24) is 5.32 Å². The van der Waals surface area contributed by atoms with E-state index in [0.29, 0.717) is 5.56 Å². The number of halogens is 2. The van der Waals surface area contributed by atoms with Gasteiger partial charge >= 0.3 is 6.03 Å². The minimum absolute atomic E-state index is 0.0460. The van der Waals surface area contributed by atoms with E-state index in [4.69, 9.17) is 0 Å². The largest absolute Gasteiger partial charge is 0.334 e. The van der Waals surface area contributed by atoms with Gasteiger partial charge in [-0.15, -0.1) is 0 Å². The first-order valence-corrected chi connectivity index (χ1v) is 7.04. The average Bonchev–Trinajstić information content (AvgIpc) is 2.44. The third-order valence-electron chi connectivity index (χ3n) is 3.21. The van der Waals surface area contributed by atoms with Crippen LogP contribution in [0.1, 0.15) is 30.9 Å². The molecule has 0 radical (unpaired) electrons. The molecule has 0 fully saturated rings. The van der Waals surface area contributed by atoms with Gasteiger partial charge in [0.25, 0.3) is 0 Å². The van der Waals surface area contributed by atoms with Crippen LogP contribution in [0.15, 0.2) is 42.5 Å². The van der Waals surface area contributed by atoms with Gasteiger partial charge in [-0.3, -0.25) is 0 Å². The van der Waals surface area contributed by atoms with Crippen LogP contribution in [-0.2, 0) is 6.54 Å². The fourth-order valence-electron chi connectivity index (χ4n) is 2.18. The molecule has 0 aliphatic carbocycles. The Hall–Kier alpha value is -2.43. The minimum Gasteiger partial charge on any atom is -0.334 e. The monoisotopic (exact) mass is 304 g/mol. The maximum atomic E-state index is 13.1. The summed E-state index contributed by atoms with van der Waals surface area (Å²) in [5.74, 6) is -1.06. The van der Waals surface area contributed by atoms with E-state index in [9.17, 15) is 13.6 Å². The van der Waals surface area contributed by atoms with Crippen LogP contribution in [0.3, 0.4) is 0 Å². The van der Waals surface area contributed by atoms with Crippen LogP contribution in [0.2, 0.25) is 0 Å². The molecule has 2 aromatic rings. The van der Waals surface area contributed by atoms with E-state index in [1.54, 1.807) is 0 Å². The lowest BCUT2D eigenvalue weighted by Gasteiger charge is -2.14. The zero-order valence-electron chi connectivity index (χ0n) is 12.5. The van der Waals surface area contributed by atoms with Gasteiger partial charge in [0.05, 0.1) is 0 Å². The van der Waals surface area contributed by atoms with Crippen LogP contribution >= 0.6 is 0 Å². The van der Waals surface area contributed by atoms with Gasteiger partial charge in [-0.05, 0) is 35.2 Å². The van der Waals surface area contributed by atoms with E-state index < -0.39 is 17.7 Å². The molecule has 2 rings (SSSR count). The first kappa shape index (κ1) is 15.9. The minimum atomic E-state index is -0.664. The Morgan fingerprint density at radius 2 is 1.73 bits per heavy atom. The first-order chi connectivity index (χ1) is 10.5. The van der Waals surface area contributed by atoms with E-state index in [0.717, 1.165) is 17.3 Å². The molecule has 22 heavy (non-hydrogen) atoms. The summed E-state index contributed by atoms with van der Waals surface area (Å²) in [4.78, 5) is 11.9. The Labute approximate surface area is 128 Å². The van der Waals surface area contributed by atoms with Gasteiger partial charge in [-0.2, -0.15) is 0 Å². The Morgan fingerprint density at radius 1 is 1.09 bits per heavy atom. The number of anilines is 1. The van der Waals surface area contributed by atoms with Crippen LogP contribution in [0.25, 0.3) is 0 Å². The van der Waals surface area contributed by atoms with Crippen molar-refractivity contribution in [2.24, 2.45) is 0 Å². The summed E-state index contributed by atoms with van der Waals surface area (Å²) in [6.07, 6.45) is 0. The van der Waals surface area contributed by atoms with Gasteiger partial charge in [0.2, 0.25) is 0 Å². The molecule has 0 heterocycles. The number of hydrogen-bond acceptors (Lipinski definition) is 1. The summed E-state index contributed by atoms with van der Waals surface area (Å²) in [7, 11) is 0. The van der Waals surface area contributed by atoms with Crippen molar-refractivity contribution in [1.29, 1.82) is 0 Å². The Balaban J connectivity index is 1.99. The normalized spacial score (nSPS) is 10.6. The van der Waals surface area contributed by atoms with Crippen molar-refractivity contribution in [2.75, 3.05) is 5.32 Å². The quantitative estimate of drug-likeness (QED) is 0.863. The van der Waals surface area contributed by atoms with Crippen LogP contribution in [0, 0.1) is 11.6 Å². The molecule has 3 nitrogen and oxygen atoms in total. The number of benzene rings is 2. The number of hydrogen-bond donors (Lipinski definition) is 2. The van der Waals surface area contributed by atoms with E-state index in [2.05, 4.69) is 10.6 Å². The standard InChI is InChI=1S/C17H18F2N2O/c1-11(2)15-5-3-4-6-16(15)21-17(22)20-10-12-7-13(18)9-14(19)8-12/h3-9,11H,10H2,1-2H3,(H2,20,21,22). The van der Waals surface area contributed by atoms with Crippen LogP contribution in [0.5, 0.6) is 0 Å². The second-order valence-electron chi connectivity index (χ2n) is 5.33. The molecule has 0 unspecified atom stereocenters. The van der Waals surface area contributed by atoms with E-state index in [1.165, 1.54) is 12.1 Å². The molecule has 2 amide bonds. The molecule has 116 valence electrons. The number of para-hydroxylation sites is 1. The number of carbonyl (C=O) groups excluding carboxylic acids is 1. The van der Waals surface area contributed by atoms with Crippen molar-refractivity contribution < 1.29 is 13.6 Å². The maximum Gasteiger partial charge on any atom is 0.319 e. The smallest absolute Gasteiger partial charge is 0.319 e.